The number of hydrogen-bond donors (Lipinski definition) is 1. The summed E-state index contributed by atoms with van der Waals surface area (Å²) in [4.78, 5) is 7.04. The number of hydrogen-bond acceptors (Lipinski definition) is 3. The van der Waals surface area contributed by atoms with Gasteiger partial charge in [0.25, 0.3) is 0 Å². The Balaban J connectivity index is 2.09. The predicted molar refractivity (Wildman–Crippen MR) is 89.8 cm³/mol. The van der Waals surface area contributed by atoms with Gasteiger partial charge in [0, 0.05) is 23.2 Å². The molecule has 0 radical (unpaired) electrons. The van der Waals surface area contributed by atoms with Crippen LogP contribution in [-0.2, 0) is 12.0 Å². The third kappa shape index (κ3) is 2.49. The van der Waals surface area contributed by atoms with E-state index in [9.17, 15) is 0 Å². The van der Waals surface area contributed by atoms with Crippen molar-refractivity contribution in [2.45, 2.75) is 39.7 Å². The quantitative estimate of drug-likeness (QED) is 0.773. The van der Waals surface area contributed by atoms with Crippen LogP contribution in [0.15, 0.2) is 30.5 Å². The Labute approximate surface area is 129 Å². The highest BCUT2D eigenvalue weighted by atomic mass is 32.1. The minimum Gasteiger partial charge on any atom is -0.325 e. The Bertz CT molecular complexity index is 773. The molecule has 3 rings (SSSR count). The van der Waals surface area contributed by atoms with E-state index >= 15 is 0 Å². The van der Waals surface area contributed by atoms with Crippen LogP contribution in [0.1, 0.15) is 36.9 Å². The maximum Gasteiger partial charge on any atom is 0.194 e. The smallest absolute Gasteiger partial charge is 0.194 e. The van der Waals surface area contributed by atoms with Crippen molar-refractivity contribution in [1.82, 2.24) is 9.38 Å². The second-order valence-electron chi connectivity index (χ2n) is 6.43. The first-order valence-corrected chi connectivity index (χ1v) is 8.00. The van der Waals surface area contributed by atoms with Gasteiger partial charge in [0.2, 0.25) is 0 Å². The fourth-order valence-corrected chi connectivity index (χ4v) is 3.40. The van der Waals surface area contributed by atoms with Gasteiger partial charge in [-0.15, -0.1) is 11.3 Å². The molecule has 0 saturated carbocycles. The number of benzene rings is 1. The van der Waals surface area contributed by atoms with Gasteiger partial charge < -0.3 is 5.73 Å². The number of nitrogens with zero attached hydrogens (tertiary/aromatic N) is 2. The summed E-state index contributed by atoms with van der Waals surface area (Å²) in [5.41, 5.74) is 10.7. The zero-order chi connectivity index (χ0) is 15.2. The van der Waals surface area contributed by atoms with Crippen LogP contribution in [0.5, 0.6) is 0 Å². The molecule has 2 N–H and O–H groups in total. The number of fused-ring (bicyclic) bond motifs is 1. The van der Waals surface area contributed by atoms with Gasteiger partial charge in [0.15, 0.2) is 4.96 Å². The molecule has 3 nitrogen and oxygen atoms in total. The van der Waals surface area contributed by atoms with Crippen molar-refractivity contribution in [1.29, 1.82) is 0 Å². The van der Waals surface area contributed by atoms with Crippen LogP contribution in [0.4, 0.5) is 0 Å². The van der Waals surface area contributed by atoms with Crippen molar-refractivity contribution < 1.29 is 0 Å². The molecule has 4 heteroatoms. The number of rotatable bonds is 2. The molecule has 2 aromatic heterocycles. The van der Waals surface area contributed by atoms with E-state index in [-0.39, 0.29) is 5.41 Å². The van der Waals surface area contributed by atoms with E-state index in [1.165, 1.54) is 10.4 Å². The summed E-state index contributed by atoms with van der Waals surface area (Å²) in [6.07, 6.45) is 2.11. The lowest BCUT2D eigenvalue weighted by Crippen LogP contribution is -2.10. The lowest BCUT2D eigenvalue weighted by molar-refractivity contribution is 0.590. The SMILES string of the molecule is Cc1cn2c(CN)c(-c3ccc(C(C)(C)C)cc3)nc2s1. The third-order valence-electron chi connectivity index (χ3n) is 3.76. The lowest BCUT2D eigenvalue weighted by Gasteiger charge is -2.19. The van der Waals surface area contributed by atoms with Gasteiger partial charge in [-0.25, -0.2) is 4.98 Å². The van der Waals surface area contributed by atoms with E-state index in [2.05, 4.69) is 62.6 Å². The fraction of sp³-hybridized carbons (Fsp3) is 0.353. The van der Waals surface area contributed by atoms with Crippen molar-refractivity contribution in [3.05, 3.63) is 46.6 Å². The Morgan fingerprint density at radius 1 is 1.19 bits per heavy atom. The molecule has 0 saturated heterocycles. The molecule has 1 aromatic carbocycles. The van der Waals surface area contributed by atoms with Crippen LogP contribution in [0.3, 0.4) is 0 Å². The Morgan fingerprint density at radius 3 is 2.43 bits per heavy atom. The fourth-order valence-electron chi connectivity index (χ4n) is 2.56. The Kier molecular flexibility index (Phi) is 3.38. The Hall–Kier alpha value is -1.65. The molecule has 0 amide bonds. The molecule has 3 aromatic rings. The topological polar surface area (TPSA) is 43.3 Å². The molecular weight excluding hydrogens is 278 g/mol. The zero-order valence-electron chi connectivity index (χ0n) is 13.0. The molecule has 0 unspecified atom stereocenters. The summed E-state index contributed by atoms with van der Waals surface area (Å²) in [6.45, 7) is 9.26. The van der Waals surface area contributed by atoms with Gasteiger partial charge in [-0.2, -0.15) is 0 Å². The van der Waals surface area contributed by atoms with Gasteiger partial charge in [0.1, 0.15) is 0 Å². The summed E-state index contributed by atoms with van der Waals surface area (Å²) < 4.78 is 2.12. The van der Waals surface area contributed by atoms with Gasteiger partial charge in [-0.3, -0.25) is 4.40 Å². The molecule has 0 aliphatic heterocycles. The summed E-state index contributed by atoms with van der Waals surface area (Å²) in [5.74, 6) is 0. The van der Waals surface area contributed by atoms with E-state index in [4.69, 9.17) is 10.7 Å². The molecule has 0 bridgehead atoms. The molecule has 2 heterocycles. The maximum atomic E-state index is 5.95. The van der Waals surface area contributed by atoms with E-state index in [1.54, 1.807) is 11.3 Å². The predicted octanol–water partition coefficient (Wildman–Crippen LogP) is 4.13. The number of thiazole rings is 1. The zero-order valence-corrected chi connectivity index (χ0v) is 13.8. The molecule has 0 fully saturated rings. The van der Waals surface area contributed by atoms with Gasteiger partial charge >= 0.3 is 0 Å². The number of imidazole rings is 1. The van der Waals surface area contributed by atoms with Crippen LogP contribution in [0.25, 0.3) is 16.2 Å². The minimum atomic E-state index is 0.168. The third-order valence-corrected chi connectivity index (χ3v) is 4.66. The summed E-state index contributed by atoms with van der Waals surface area (Å²) >= 11 is 1.70. The largest absolute Gasteiger partial charge is 0.325 e. The summed E-state index contributed by atoms with van der Waals surface area (Å²) in [5, 5.41) is 0. The van der Waals surface area contributed by atoms with Crippen LogP contribution in [0.2, 0.25) is 0 Å². The van der Waals surface area contributed by atoms with E-state index in [0.29, 0.717) is 6.54 Å². The molecule has 0 aliphatic carbocycles. The van der Waals surface area contributed by atoms with E-state index in [0.717, 1.165) is 21.9 Å². The van der Waals surface area contributed by atoms with Crippen molar-refractivity contribution in [3.8, 4) is 11.3 Å². The second kappa shape index (κ2) is 4.97. The first kappa shape index (κ1) is 14.3. The minimum absolute atomic E-state index is 0.168. The highest BCUT2D eigenvalue weighted by molar-refractivity contribution is 7.17. The van der Waals surface area contributed by atoms with Crippen molar-refractivity contribution in [2.24, 2.45) is 5.73 Å². The number of aromatic nitrogens is 2. The van der Waals surface area contributed by atoms with Crippen molar-refractivity contribution in [2.75, 3.05) is 0 Å². The second-order valence-corrected chi connectivity index (χ2v) is 7.65. The van der Waals surface area contributed by atoms with Crippen LogP contribution in [-0.4, -0.2) is 9.38 Å². The van der Waals surface area contributed by atoms with Crippen LogP contribution < -0.4 is 5.73 Å². The average molecular weight is 299 g/mol. The van der Waals surface area contributed by atoms with E-state index < -0.39 is 0 Å². The molecule has 0 spiro atoms. The van der Waals surface area contributed by atoms with E-state index in [1.807, 2.05) is 0 Å². The standard InChI is InChI=1S/C17H21N3S/c1-11-10-20-14(9-18)15(19-16(20)21-11)12-5-7-13(8-6-12)17(2,3)4/h5-8,10H,9,18H2,1-4H3. The monoisotopic (exact) mass is 299 g/mol. The van der Waals surface area contributed by atoms with Crippen molar-refractivity contribution in [3.63, 3.8) is 0 Å². The first-order valence-electron chi connectivity index (χ1n) is 7.18. The summed E-state index contributed by atoms with van der Waals surface area (Å²) in [6, 6.07) is 8.68. The van der Waals surface area contributed by atoms with Gasteiger partial charge in [0.05, 0.1) is 11.4 Å². The number of nitrogens with two attached hydrogens (primary N) is 1. The highest BCUT2D eigenvalue weighted by Gasteiger charge is 2.17. The first-order chi connectivity index (χ1) is 9.90. The van der Waals surface area contributed by atoms with Gasteiger partial charge in [-0.1, -0.05) is 45.0 Å². The average Bonchev–Trinajstić information content (AvgIpc) is 2.93. The van der Waals surface area contributed by atoms with Crippen LogP contribution in [0, 0.1) is 6.92 Å². The lowest BCUT2D eigenvalue weighted by atomic mass is 9.86. The maximum absolute atomic E-state index is 5.95. The van der Waals surface area contributed by atoms with Crippen molar-refractivity contribution >= 4 is 16.3 Å². The highest BCUT2D eigenvalue weighted by Crippen LogP contribution is 2.30. The molecule has 0 aliphatic rings. The number of aryl methyl sites for hydroxylation is 1. The normalized spacial score (nSPS) is 12.2. The summed E-state index contributed by atoms with van der Waals surface area (Å²) in [7, 11) is 0. The van der Waals surface area contributed by atoms with Crippen LogP contribution >= 0.6 is 11.3 Å². The molecular formula is C17H21N3S. The molecule has 0 atom stereocenters. The van der Waals surface area contributed by atoms with Gasteiger partial charge in [-0.05, 0) is 17.9 Å². The molecule has 21 heavy (non-hydrogen) atoms. The Morgan fingerprint density at radius 2 is 1.86 bits per heavy atom. The molecule has 110 valence electrons.